The molecular weight excluding hydrogens is 380 g/mol. The number of sulfonamides is 1. The van der Waals surface area contributed by atoms with Gasteiger partial charge in [0.15, 0.2) is 0 Å². The highest BCUT2D eigenvalue weighted by molar-refractivity contribution is 7.89. The van der Waals surface area contributed by atoms with Crippen molar-refractivity contribution in [3.8, 4) is 0 Å². The van der Waals surface area contributed by atoms with Crippen LogP contribution in [-0.4, -0.2) is 76.9 Å². The van der Waals surface area contributed by atoms with Crippen molar-refractivity contribution >= 4 is 26.9 Å². The fourth-order valence-electron chi connectivity index (χ4n) is 4.42. The molecule has 2 aromatic heterocycles. The van der Waals surface area contributed by atoms with Crippen LogP contribution >= 0.6 is 0 Å². The number of anilines is 1. The van der Waals surface area contributed by atoms with Crippen molar-refractivity contribution in [3.63, 3.8) is 0 Å². The minimum absolute atomic E-state index is 0.113. The molecule has 1 saturated carbocycles. The van der Waals surface area contributed by atoms with Crippen LogP contribution in [0.3, 0.4) is 0 Å². The number of nitrogens with two attached hydrogens (primary N) is 1. The molecule has 2 atom stereocenters. The van der Waals surface area contributed by atoms with Crippen molar-refractivity contribution < 1.29 is 13.5 Å². The third-order valence-electron chi connectivity index (χ3n) is 6.17. The lowest BCUT2D eigenvalue weighted by Crippen LogP contribution is -2.39. The molecule has 2 aromatic rings. The molecule has 0 bridgehead atoms. The zero-order chi connectivity index (χ0) is 19.9. The molecule has 0 amide bonds. The predicted octanol–water partition coefficient (Wildman–Crippen LogP) is 0.287. The van der Waals surface area contributed by atoms with Crippen molar-refractivity contribution in [3.05, 3.63) is 18.6 Å². The lowest BCUT2D eigenvalue weighted by molar-refractivity contribution is 0.174. The number of aromatic nitrogens is 3. The summed E-state index contributed by atoms with van der Waals surface area (Å²) in [6.45, 7) is 0.323. The molecule has 1 saturated heterocycles. The molecule has 0 unspecified atom stereocenters. The van der Waals surface area contributed by atoms with Crippen LogP contribution in [0, 0.1) is 5.92 Å². The van der Waals surface area contributed by atoms with Crippen molar-refractivity contribution in [1.29, 1.82) is 0 Å². The van der Waals surface area contributed by atoms with E-state index in [0.717, 1.165) is 42.5 Å². The third-order valence-corrected chi connectivity index (χ3v) is 8.15. The molecule has 2 fully saturated rings. The number of hydrogen-bond acceptors (Lipinski definition) is 7. The Hall–Kier alpha value is -1.75. The van der Waals surface area contributed by atoms with Crippen LogP contribution in [0.15, 0.2) is 18.6 Å². The van der Waals surface area contributed by atoms with Gasteiger partial charge in [0.05, 0.1) is 17.2 Å². The number of aromatic amines is 1. The number of β-amino-alcohol motifs (C(OH)–C–C–N with tert-alkyl or cyclic N) is 1. The second-order valence-electron chi connectivity index (χ2n) is 8.05. The molecule has 4 rings (SSSR count). The second kappa shape index (κ2) is 7.58. The fraction of sp³-hybridized carbons (Fsp3) is 0.667. The van der Waals surface area contributed by atoms with Crippen LogP contribution in [0.2, 0.25) is 0 Å². The maximum Gasteiger partial charge on any atom is 0.214 e. The Morgan fingerprint density at radius 3 is 2.71 bits per heavy atom. The molecule has 28 heavy (non-hydrogen) atoms. The second-order valence-corrected chi connectivity index (χ2v) is 10.1. The summed E-state index contributed by atoms with van der Waals surface area (Å²) in [4.78, 5) is 14.0. The molecule has 9 nitrogen and oxygen atoms in total. The summed E-state index contributed by atoms with van der Waals surface area (Å²) in [5, 5.41) is 10.8. The van der Waals surface area contributed by atoms with E-state index in [-0.39, 0.29) is 24.8 Å². The quantitative estimate of drug-likeness (QED) is 0.648. The smallest absolute Gasteiger partial charge is 0.214 e. The number of aliphatic hydroxyl groups excluding tert-OH is 1. The van der Waals surface area contributed by atoms with Gasteiger partial charge in [-0.2, -0.15) is 4.31 Å². The maximum absolute atomic E-state index is 12.7. The van der Waals surface area contributed by atoms with Gasteiger partial charge in [-0.25, -0.2) is 18.4 Å². The molecule has 2 aliphatic rings. The molecule has 3 heterocycles. The average molecular weight is 409 g/mol. The first kappa shape index (κ1) is 19.6. The van der Waals surface area contributed by atoms with Gasteiger partial charge in [-0.05, 0) is 37.7 Å². The van der Waals surface area contributed by atoms with E-state index in [4.69, 9.17) is 5.73 Å². The van der Waals surface area contributed by atoms with Crippen LogP contribution in [0.4, 0.5) is 5.82 Å². The Labute approximate surface area is 165 Å². The zero-order valence-corrected chi connectivity index (χ0v) is 16.8. The molecular formula is C18H28N6O3S. The topological polar surface area (TPSA) is 128 Å². The van der Waals surface area contributed by atoms with Gasteiger partial charge in [0.2, 0.25) is 10.0 Å². The Morgan fingerprint density at radius 1 is 1.29 bits per heavy atom. The fourth-order valence-corrected chi connectivity index (χ4v) is 6.34. The molecule has 0 spiro atoms. The van der Waals surface area contributed by atoms with Crippen molar-refractivity contribution in [1.82, 2.24) is 19.3 Å². The van der Waals surface area contributed by atoms with Crippen LogP contribution in [0.25, 0.3) is 11.0 Å². The summed E-state index contributed by atoms with van der Waals surface area (Å²) in [6, 6.07) is 1.82. The number of H-pyrrole nitrogens is 1. The third kappa shape index (κ3) is 3.73. The predicted molar refractivity (Wildman–Crippen MR) is 107 cm³/mol. The number of fused-ring (bicyclic) bond motifs is 1. The van der Waals surface area contributed by atoms with E-state index >= 15 is 0 Å². The highest BCUT2D eigenvalue weighted by atomic mass is 32.2. The SMILES string of the molecule is CN(c1ncnc2[nH]ccc12)[C@H]1CC[C@H](CS(=O)(=O)N2C[C@@H](N)[C@H](O)C2)CC1. The van der Waals surface area contributed by atoms with E-state index in [2.05, 4.69) is 19.9 Å². The normalized spacial score (nSPS) is 29.4. The maximum atomic E-state index is 12.7. The first-order valence-electron chi connectivity index (χ1n) is 9.77. The molecule has 154 valence electrons. The number of aliphatic hydroxyl groups is 1. The molecule has 10 heteroatoms. The van der Waals surface area contributed by atoms with Gasteiger partial charge in [-0.1, -0.05) is 0 Å². The summed E-state index contributed by atoms with van der Waals surface area (Å²) in [5.74, 6) is 1.18. The largest absolute Gasteiger partial charge is 0.390 e. The Morgan fingerprint density at radius 2 is 2.04 bits per heavy atom. The van der Waals surface area contributed by atoms with Crippen LogP contribution < -0.4 is 10.6 Å². The van der Waals surface area contributed by atoms with Gasteiger partial charge in [-0.15, -0.1) is 0 Å². The summed E-state index contributed by atoms with van der Waals surface area (Å²) < 4.78 is 26.7. The van der Waals surface area contributed by atoms with Gasteiger partial charge < -0.3 is 20.7 Å². The number of hydrogen-bond donors (Lipinski definition) is 3. The minimum atomic E-state index is -3.38. The standard InChI is InChI=1S/C18H28N6O3S/c1-23(18-14-6-7-20-17(14)21-11-22-18)13-4-2-12(3-5-13)10-28(26,27)24-8-15(19)16(25)9-24/h6-7,11-13,15-16,25H,2-5,8-10,19H2,1H3,(H,20,21,22)/t12-,13-,15-,16-/m1/s1. The lowest BCUT2D eigenvalue weighted by atomic mass is 9.86. The molecule has 0 radical (unpaired) electrons. The number of rotatable bonds is 5. The van der Waals surface area contributed by atoms with Gasteiger partial charge in [0.25, 0.3) is 0 Å². The molecule has 1 aliphatic carbocycles. The van der Waals surface area contributed by atoms with Crippen LogP contribution in [0.1, 0.15) is 25.7 Å². The Bertz CT molecular complexity index is 914. The average Bonchev–Trinajstić information content (AvgIpc) is 3.28. The van der Waals surface area contributed by atoms with Gasteiger partial charge in [-0.3, -0.25) is 0 Å². The molecule has 4 N–H and O–H groups in total. The highest BCUT2D eigenvalue weighted by Gasteiger charge is 2.37. The minimum Gasteiger partial charge on any atom is -0.390 e. The van der Waals surface area contributed by atoms with Gasteiger partial charge >= 0.3 is 0 Å². The molecule has 0 aromatic carbocycles. The lowest BCUT2D eigenvalue weighted by Gasteiger charge is -2.35. The first-order valence-corrected chi connectivity index (χ1v) is 11.4. The first-order chi connectivity index (χ1) is 13.3. The molecule has 1 aliphatic heterocycles. The Kier molecular flexibility index (Phi) is 5.30. The number of nitrogens with zero attached hydrogens (tertiary/aromatic N) is 4. The van der Waals surface area contributed by atoms with Crippen LogP contribution in [0.5, 0.6) is 0 Å². The van der Waals surface area contributed by atoms with Gasteiger partial charge in [0, 0.05) is 38.4 Å². The van der Waals surface area contributed by atoms with Crippen molar-refractivity contribution in [2.75, 3.05) is 30.8 Å². The van der Waals surface area contributed by atoms with Gasteiger partial charge in [0.1, 0.15) is 17.8 Å². The van der Waals surface area contributed by atoms with Crippen molar-refractivity contribution in [2.24, 2.45) is 11.7 Å². The van der Waals surface area contributed by atoms with E-state index in [0.29, 0.717) is 6.04 Å². The highest BCUT2D eigenvalue weighted by Crippen LogP contribution is 2.32. The summed E-state index contributed by atoms with van der Waals surface area (Å²) in [6.07, 6.45) is 6.23. The van der Waals surface area contributed by atoms with E-state index < -0.39 is 22.2 Å². The van der Waals surface area contributed by atoms with Crippen molar-refractivity contribution in [2.45, 2.75) is 43.9 Å². The van der Waals surface area contributed by atoms with E-state index in [1.54, 1.807) is 6.33 Å². The summed E-state index contributed by atoms with van der Waals surface area (Å²) in [7, 11) is -1.34. The zero-order valence-electron chi connectivity index (χ0n) is 16.0. The number of nitrogens with one attached hydrogen (secondary N) is 1. The monoisotopic (exact) mass is 408 g/mol. The van der Waals surface area contributed by atoms with E-state index in [1.807, 2.05) is 19.3 Å². The Balaban J connectivity index is 1.36. The summed E-state index contributed by atoms with van der Waals surface area (Å²) in [5.41, 5.74) is 6.58. The van der Waals surface area contributed by atoms with E-state index in [9.17, 15) is 13.5 Å². The van der Waals surface area contributed by atoms with E-state index in [1.165, 1.54) is 4.31 Å². The van der Waals surface area contributed by atoms with Crippen LogP contribution in [-0.2, 0) is 10.0 Å². The summed E-state index contributed by atoms with van der Waals surface area (Å²) >= 11 is 0.